The summed E-state index contributed by atoms with van der Waals surface area (Å²) in [6.45, 7) is 4.25. The predicted molar refractivity (Wildman–Crippen MR) is 81.8 cm³/mol. The fourth-order valence-corrected chi connectivity index (χ4v) is 2.90. The van der Waals surface area contributed by atoms with E-state index in [1.807, 2.05) is 18.2 Å². The number of hydrogen-bond donors (Lipinski definition) is 1. The monoisotopic (exact) mass is 292 g/mol. The third-order valence-corrected chi connectivity index (χ3v) is 4.11. The third-order valence-electron chi connectivity index (χ3n) is 3.16. The van der Waals surface area contributed by atoms with Gasteiger partial charge in [-0.05, 0) is 23.6 Å². The maximum atomic E-state index is 6.30. The lowest BCUT2D eigenvalue weighted by Gasteiger charge is -2.13. The maximum absolute atomic E-state index is 6.30. The molecule has 1 aromatic heterocycles. The lowest BCUT2D eigenvalue weighted by atomic mass is 10.1. The summed E-state index contributed by atoms with van der Waals surface area (Å²) < 4.78 is 10.5. The van der Waals surface area contributed by atoms with Crippen molar-refractivity contribution in [1.82, 2.24) is 4.98 Å². The summed E-state index contributed by atoms with van der Waals surface area (Å²) in [4.78, 5) is 4.61. The first-order valence-corrected chi connectivity index (χ1v) is 7.37. The molecule has 0 aliphatic heterocycles. The van der Waals surface area contributed by atoms with Gasteiger partial charge in [0, 0.05) is 5.38 Å². The van der Waals surface area contributed by atoms with Crippen molar-refractivity contribution in [3.63, 3.8) is 0 Å². The Kier molecular flexibility index (Phi) is 4.62. The molecule has 0 saturated carbocycles. The van der Waals surface area contributed by atoms with E-state index in [2.05, 4.69) is 24.2 Å². The fraction of sp³-hybridized carbons (Fsp3) is 0.400. The van der Waals surface area contributed by atoms with Gasteiger partial charge in [0.25, 0.3) is 0 Å². The molecule has 1 aromatic carbocycles. The lowest BCUT2D eigenvalue weighted by molar-refractivity contribution is 0.354. The molecule has 0 aliphatic rings. The summed E-state index contributed by atoms with van der Waals surface area (Å²) in [6, 6.07) is 5.47. The molecule has 0 spiro atoms. The lowest BCUT2D eigenvalue weighted by Crippen LogP contribution is -2.12. The number of benzene rings is 1. The molecule has 1 atom stereocenters. The molecule has 5 heteroatoms. The van der Waals surface area contributed by atoms with E-state index < -0.39 is 0 Å². The highest BCUT2D eigenvalue weighted by Crippen LogP contribution is 2.32. The van der Waals surface area contributed by atoms with Crippen LogP contribution in [0, 0.1) is 0 Å². The molecule has 0 aliphatic carbocycles. The van der Waals surface area contributed by atoms with Crippen molar-refractivity contribution in [3.8, 4) is 11.5 Å². The Morgan fingerprint density at radius 2 is 1.85 bits per heavy atom. The smallest absolute Gasteiger partial charge is 0.161 e. The highest BCUT2D eigenvalue weighted by Gasteiger charge is 2.16. The highest BCUT2D eigenvalue weighted by atomic mass is 32.1. The van der Waals surface area contributed by atoms with Gasteiger partial charge in [-0.3, -0.25) is 0 Å². The molecule has 0 saturated heterocycles. The van der Waals surface area contributed by atoms with E-state index in [9.17, 15) is 0 Å². The van der Waals surface area contributed by atoms with Crippen molar-refractivity contribution in [1.29, 1.82) is 0 Å². The molecule has 4 nitrogen and oxygen atoms in total. The van der Waals surface area contributed by atoms with Gasteiger partial charge >= 0.3 is 0 Å². The fourth-order valence-electron chi connectivity index (χ4n) is 1.90. The van der Waals surface area contributed by atoms with Crippen molar-refractivity contribution < 1.29 is 9.47 Å². The predicted octanol–water partition coefficient (Wildman–Crippen LogP) is 3.33. The SMILES string of the molecule is COc1ccc(C(N)c2nc(C(C)C)cs2)cc1OC. The number of rotatable bonds is 5. The molecular weight excluding hydrogens is 272 g/mol. The van der Waals surface area contributed by atoms with E-state index in [0.717, 1.165) is 16.3 Å². The zero-order chi connectivity index (χ0) is 14.7. The van der Waals surface area contributed by atoms with Gasteiger partial charge in [-0.25, -0.2) is 4.98 Å². The Morgan fingerprint density at radius 1 is 1.15 bits per heavy atom. The Bertz CT molecular complexity index is 581. The second kappa shape index (κ2) is 6.24. The van der Waals surface area contributed by atoms with Crippen LogP contribution in [0.15, 0.2) is 23.6 Å². The van der Waals surface area contributed by atoms with E-state index in [0.29, 0.717) is 17.4 Å². The molecule has 0 bridgehead atoms. The van der Waals surface area contributed by atoms with E-state index in [1.165, 1.54) is 0 Å². The zero-order valence-electron chi connectivity index (χ0n) is 12.2. The van der Waals surface area contributed by atoms with E-state index in [4.69, 9.17) is 15.2 Å². The first-order valence-electron chi connectivity index (χ1n) is 6.49. The molecule has 20 heavy (non-hydrogen) atoms. The van der Waals surface area contributed by atoms with Gasteiger partial charge in [0.2, 0.25) is 0 Å². The summed E-state index contributed by atoms with van der Waals surface area (Å²) in [5.74, 6) is 1.80. The van der Waals surface area contributed by atoms with Gasteiger partial charge in [0.15, 0.2) is 11.5 Å². The Morgan fingerprint density at radius 3 is 2.40 bits per heavy atom. The second-order valence-corrected chi connectivity index (χ2v) is 5.75. The van der Waals surface area contributed by atoms with Gasteiger partial charge in [-0.2, -0.15) is 0 Å². The number of methoxy groups -OCH3 is 2. The van der Waals surface area contributed by atoms with Crippen LogP contribution >= 0.6 is 11.3 Å². The highest BCUT2D eigenvalue weighted by molar-refractivity contribution is 7.09. The Labute approximate surface area is 123 Å². The summed E-state index contributed by atoms with van der Waals surface area (Å²) in [5.41, 5.74) is 8.35. The largest absolute Gasteiger partial charge is 0.493 e. The molecule has 0 radical (unpaired) electrons. The second-order valence-electron chi connectivity index (χ2n) is 4.86. The average molecular weight is 292 g/mol. The van der Waals surface area contributed by atoms with Crippen molar-refractivity contribution in [3.05, 3.63) is 39.8 Å². The third kappa shape index (κ3) is 2.94. The van der Waals surface area contributed by atoms with Crippen LogP contribution in [-0.4, -0.2) is 19.2 Å². The normalized spacial score (nSPS) is 12.5. The Balaban J connectivity index is 2.30. The summed E-state index contributed by atoms with van der Waals surface area (Å²) in [6.07, 6.45) is 0. The molecule has 1 unspecified atom stereocenters. The first kappa shape index (κ1) is 14.8. The number of ether oxygens (including phenoxy) is 2. The maximum Gasteiger partial charge on any atom is 0.161 e. The molecule has 0 fully saturated rings. The van der Waals surface area contributed by atoms with E-state index >= 15 is 0 Å². The number of aromatic nitrogens is 1. The van der Waals surface area contributed by atoms with Crippen molar-refractivity contribution in [2.75, 3.05) is 14.2 Å². The van der Waals surface area contributed by atoms with E-state index in [1.54, 1.807) is 25.6 Å². The molecule has 0 amide bonds. The number of hydrogen-bond acceptors (Lipinski definition) is 5. The van der Waals surface area contributed by atoms with Crippen LogP contribution in [0.1, 0.15) is 42.1 Å². The molecule has 2 N–H and O–H groups in total. The summed E-state index contributed by atoms with van der Waals surface area (Å²) >= 11 is 1.60. The van der Waals surface area contributed by atoms with Crippen molar-refractivity contribution in [2.45, 2.75) is 25.8 Å². The van der Waals surface area contributed by atoms with Crippen molar-refractivity contribution >= 4 is 11.3 Å². The summed E-state index contributed by atoms with van der Waals surface area (Å²) in [5, 5.41) is 2.99. The van der Waals surface area contributed by atoms with Gasteiger partial charge in [0.1, 0.15) is 5.01 Å². The molecule has 108 valence electrons. The molecule has 1 heterocycles. The van der Waals surface area contributed by atoms with E-state index in [-0.39, 0.29) is 6.04 Å². The average Bonchev–Trinajstić information content (AvgIpc) is 2.95. The topological polar surface area (TPSA) is 57.4 Å². The minimum absolute atomic E-state index is 0.243. The van der Waals surface area contributed by atoms with Crippen LogP contribution in [0.2, 0.25) is 0 Å². The van der Waals surface area contributed by atoms with Crippen LogP contribution in [0.5, 0.6) is 11.5 Å². The minimum atomic E-state index is -0.243. The standard InChI is InChI=1S/C15H20N2O2S/c1-9(2)11-8-20-15(17-11)14(16)10-5-6-12(18-3)13(7-10)19-4/h5-9,14H,16H2,1-4H3. The number of nitrogens with zero attached hydrogens (tertiary/aromatic N) is 1. The summed E-state index contributed by atoms with van der Waals surface area (Å²) in [7, 11) is 3.24. The molecule has 2 aromatic rings. The minimum Gasteiger partial charge on any atom is -0.493 e. The van der Waals surface area contributed by atoms with Gasteiger partial charge < -0.3 is 15.2 Å². The van der Waals surface area contributed by atoms with Crippen LogP contribution in [0.25, 0.3) is 0 Å². The Hall–Kier alpha value is -1.59. The van der Waals surface area contributed by atoms with Crippen LogP contribution < -0.4 is 15.2 Å². The zero-order valence-corrected chi connectivity index (χ0v) is 13.0. The van der Waals surface area contributed by atoms with Crippen molar-refractivity contribution in [2.24, 2.45) is 5.73 Å². The van der Waals surface area contributed by atoms with Crippen LogP contribution in [0.3, 0.4) is 0 Å². The first-order chi connectivity index (χ1) is 9.56. The molecule has 2 rings (SSSR count). The molecular formula is C15H20N2O2S. The van der Waals surface area contributed by atoms with Gasteiger partial charge in [0.05, 0.1) is 26.0 Å². The van der Waals surface area contributed by atoms with Gasteiger partial charge in [-0.15, -0.1) is 11.3 Å². The number of nitrogens with two attached hydrogens (primary N) is 1. The quantitative estimate of drug-likeness (QED) is 0.918. The number of thiazole rings is 1. The van der Waals surface area contributed by atoms with Gasteiger partial charge in [-0.1, -0.05) is 19.9 Å². The van der Waals surface area contributed by atoms with Crippen LogP contribution in [-0.2, 0) is 0 Å². The van der Waals surface area contributed by atoms with Crippen LogP contribution in [0.4, 0.5) is 0 Å².